The highest BCUT2D eigenvalue weighted by atomic mass is 35.5. The number of amides is 1. The molecule has 2 aromatic carbocycles. The van der Waals surface area contributed by atoms with Gasteiger partial charge in [-0.3, -0.25) is 4.79 Å². The van der Waals surface area contributed by atoms with E-state index in [0.717, 1.165) is 12.0 Å². The van der Waals surface area contributed by atoms with E-state index in [1.165, 1.54) is 22.5 Å². The van der Waals surface area contributed by atoms with Crippen LogP contribution in [-0.2, 0) is 19.6 Å². The summed E-state index contributed by atoms with van der Waals surface area (Å²) >= 11 is 6.09. The molecule has 0 bridgehead atoms. The fraction of sp³-hybridized carbons (Fsp3) is 0.391. The van der Waals surface area contributed by atoms with Crippen molar-refractivity contribution in [1.29, 1.82) is 0 Å². The minimum absolute atomic E-state index is 0.00654. The highest BCUT2D eigenvalue weighted by Gasteiger charge is 2.26. The first-order valence-corrected chi connectivity index (χ1v) is 12.3. The molecule has 0 aromatic heterocycles. The molecule has 0 spiro atoms. The zero-order valence-electron chi connectivity index (χ0n) is 18.7. The highest BCUT2D eigenvalue weighted by molar-refractivity contribution is 7.89. The summed E-state index contributed by atoms with van der Waals surface area (Å²) in [4.78, 5) is 24.6. The van der Waals surface area contributed by atoms with E-state index in [4.69, 9.17) is 16.3 Å². The van der Waals surface area contributed by atoms with Gasteiger partial charge in [-0.1, -0.05) is 57.5 Å². The number of carbonyl (C=O) groups is 2. The van der Waals surface area contributed by atoms with E-state index in [2.05, 4.69) is 19.2 Å². The van der Waals surface area contributed by atoms with Crippen LogP contribution < -0.4 is 5.32 Å². The zero-order chi connectivity index (χ0) is 23.9. The molecule has 0 saturated heterocycles. The summed E-state index contributed by atoms with van der Waals surface area (Å²) in [6.07, 6.45) is 0.914. The molecule has 0 heterocycles. The second-order valence-corrected chi connectivity index (χ2v) is 9.57. The fourth-order valence-corrected chi connectivity index (χ4v) is 5.15. The van der Waals surface area contributed by atoms with Crippen molar-refractivity contribution in [2.45, 2.75) is 44.9 Å². The lowest BCUT2D eigenvalue weighted by Gasteiger charge is -2.19. The number of nitrogens with one attached hydrogen (secondary N) is 1. The summed E-state index contributed by atoms with van der Waals surface area (Å²) in [5, 5.41) is 2.77. The zero-order valence-corrected chi connectivity index (χ0v) is 20.3. The number of nitrogens with zero attached hydrogens (tertiary/aromatic N) is 1. The summed E-state index contributed by atoms with van der Waals surface area (Å²) in [5.41, 5.74) is 1.66. The van der Waals surface area contributed by atoms with E-state index in [1.807, 2.05) is 18.2 Å². The SMILES string of the molecule is CC[C@H](C)c1ccccc1NC(=O)COC(=O)c1ccc(Cl)c(S(=O)(=O)N(CC)CC)c1. The van der Waals surface area contributed by atoms with Crippen LogP contribution in [0.15, 0.2) is 47.4 Å². The van der Waals surface area contributed by atoms with Gasteiger partial charge >= 0.3 is 5.97 Å². The van der Waals surface area contributed by atoms with Crippen molar-refractivity contribution >= 4 is 39.2 Å². The number of rotatable bonds is 10. The number of benzene rings is 2. The fourth-order valence-electron chi connectivity index (χ4n) is 3.19. The summed E-state index contributed by atoms with van der Waals surface area (Å²) < 4.78 is 31.9. The molecular weight excluding hydrogens is 452 g/mol. The maximum Gasteiger partial charge on any atom is 0.338 e. The average Bonchev–Trinajstić information content (AvgIpc) is 2.78. The van der Waals surface area contributed by atoms with Gasteiger partial charge in [0.2, 0.25) is 10.0 Å². The smallest absolute Gasteiger partial charge is 0.338 e. The van der Waals surface area contributed by atoms with Gasteiger partial charge in [-0.05, 0) is 42.2 Å². The van der Waals surface area contributed by atoms with Crippen LogP contribution in [0.4, 0.5) is 5.69 Å². The number of para-hydroxylation sites is 1. The minimum atomic E-state index is -3.86. The Bertz CT molecular complexity index is 1070. The molecule has 0 radical (unpaired) electrons. The van der Waals surface area contributed by atoms with Crippen LogP contribution in [-0.4, -0.2) is 44.3 Å². The molecule has 9 heteroatoms. The molecule has 0 aliphatic carbocycles. The first-order valence-electron chi connectivity index (χ1n) is 10.5. The van der Waals surface area contributed by atoms with E-state index >= 15 is 0 Å². The molecule has 32 heavy (non-hydrogen) atoms. The predicted octanol–water partition coefficient (Wildman–Crippen LogP) is 4.68. The molecule has 1 N–H and O–H groups in total. The quantitative estimate of drug-likeness (QED) is 0.498. The average molecular weight is 481 g/mol. The number of sulfonamides is 1. The third-order valence-corrected chi connectivity index (χ3v) is 7.73. The van der Waals surface area contributed by atoms with Crippen molar-refractivity contribution in [3.05, 3.63) is 58.6 Å². The molecule has 0 saturated carbocycles. The Morgan fingerprint density at radius 1 is 1.09 bits per heavy atom. The molecule has 0 fully saturated rings. The number of carbonyl (C=O) groups excluding carboxylic acids is 2. The Morgan fingerprint density at radius 3 is 2.38 bits per heavy atom. The van der Waals surface area contributed by atoms with Gasteiger partial charge in [0.1, 0.15) is 4.90 Å². The Kier molecular flexibility index (Phi) is 9.24. The Labute approximate surface area is 194 Å². The molecule has 7 nitrogen and oxygen atoms in total. The monoisotopic (exact) mass is 480 g/mol. The first kappa shape index (κ1) is 25.8. The maximum absolute atomic E-state index is 12.8. The van der Waals surface area contributed by atoms with Gasteiger partial charge in [-0.25, -0.2) is 13.2 Å². The van der Waals surface area contributed by atoms with E-state index in [-0.39, 0.29) is 34.5 Å². The van der Waals surface area contributed by atoms with E-state index in [9.17, 15) is 18.0 Å². The van der Waals surface area contributed by atoms with Crippen molar-refractivity contribution in [3.8, 4) is 0 Å². The van der Waals surface area contributed by atoms with Crippen LogP contribution in [0.1, 0.15) is 56.0 Å². The molecule has 0 aliphatic rings. The lowest BCUT2D eigenvalue weighted by Crippen LogP contribution is -2.31. The molecule has 1 amide bonds. The van der Waals surface area contributed by atoms with Crippen LogP contribution in [0.25, 0.3) is 0 Å². The topological polar surface area (TPSA) is 92.8 Å². The third-order valence-electron chi connectivity index (χ3n) is 5.20. The normalized spacial score (nSPS) is 12.4. The van der Waals surface area contributed by atoms with Crippen molar-refractivity contribution in [2.75, 3.05) is 25.0 Å². The number of hydrogen-bond donors (Lipinski definition) is 1. The highest BCUT2D eigenvalue weighted by Crippen LogP contribution is 2.27. The van der Waals surface area contributed by atoms with Crippen molar-refractivity contribution in [1.82, 2.24) is 4.31 Å². The van der Waals surface area contributed by atoms with Gasteiger partial charge in [0.15, 0.2) is 6.61 Å². The van der Waals surface area contributed by atoms with Crippen LogP contribution in [0.3, 0.4) is 0 Å². The lowest BCUT2D eigenvalue weighted by molar-refractivity contribution is -0.119. The molecule has 0 aliphatic heterocycles. The Balaban J connectivity index is 2.12. The minimum Gasteiger partial charge on any atom is -0.452 e. The lowest BCUT2D eigenvalue weighted by atomic mass is 9.97. The largest absolute Gasteiger partial charge is 0.452 e. The predicted molar refractivity (Wildman–Crippen MR) is 126 cm³/mol. The Morgan fingerprint density at radius 2 is 1.75 bits per heavy atom. The van der Waals surface area contributed by atoms with E-state index in [0.29, 0.717) is 5.69 Å². The second kappa shape index (κ2) is 11.4. The van der Waals surface area contributed by atoms with Crippen molar-refractivity contribution in [2.24, 2.45) is 0 Å². The molecule has 2 rings (SSSR count). The molecule has 174 valence electrons. The van der Waals surface area contributed by atoms with Crippen LogP contribution in [0.2, 0.25) is 5.02 Å². The maximum atomic E-state index is 12.8. The van der Waals surface area contributed by atoms with Crippen molar-refractivity contribution < 1.29 is 22.7 Å². The van der Waals surface area contributed by atoms with Gasteiger partial charge in [-0.2, -0.15) is 4.31 Å². The van der Waals surface area contributed by atoms with E-state index in [1.54, 1.807) is 19.9 Å². The summed E-state index contributed by atoms with van der Waals surface area (Å²) in [6.45, 7) is 7.58. The third kappa shape index (κ3) is 6.09. The molecular formula is C23H29ClN2O5S. The number of anilines is 1. The standard InChI is InChI=1S/C23H29ClN2O5S/c1-5-16(4)18-10-8-9-11-20(18)25-22(27)15-31-23(28)17-12-13-19(24)21(14-17)32(29,30)26(6-2)7-3/h8-14,16H,5-7,15H2,1-4H3,(H,25,27)/t16-/m0/s1. The van der Waals surface area contributed by atoms with Crippen LogP contribution in [0.5, 0.6) is 0 Å². The Hall–Kier alpha value is -2.42. The number of esters is 1. The van der Waals surface area contributed by atoms with E-state index < -0.39 is 28.5 Å². The van der Waals surface area contributed by atoms with Gasteiger partial charge in [0.05, 0.1) is 10.6 Å². The van der Waals surface area contributed by atoms with Gasteiger partial charge in [0.25, 0.3) is 5.91 Å². The summed E-state index contributed by atoms with van der Waals surface area (Å²) in [7, 11) is -3.86. The molecule has 2 aromatic rings. The number of halogens is 1. The summed E-state index contributed by atoms with van der Waals surface area (Å²) in [6, 6.07) is 11.3. The van der Waals surface area contributed by atoms with Gasteiger partial charge in [-0.15, -0.1) is 0 Å². The van der Waals surface area contributed by atoms with Crippen LogP contribution >= 0.6 is 11.6 Å². The van der Waals surface area contributed by atoms with Crippen molar-refractivity contribution in [3.63, 3.8) is 0 Å². The second-order valence-electron chi connectivity index (χ2n) is 7.26. The van der Waals surface area contributed by atoms with Crippen LogP contribution in [0, 0.1) is 0 Å². The van der Waals surface area contributed by atoms with Gasteiger partial charge in [0, 0.05) is 18.8 Å². The number of hydrogen-bond acceptors (Lipinski definition) is 5. The first-order chi connectivity index (χ1) is 15.1. The number of ether oxygens (including phenoxy) is 1. The summed E-state index contributed by atoms with van der Waals surface area (Å²) in [5.74, 6) is -1.05. The molecule has 1 atom stereocenters. The van der Waals surface area contributed by atoms with Gasteiger partial charge < -0.3 is 10.1 Å². The molecule has 0 unspecified atom stereocenters.